The van der Waals surface area contributed by atoms with E-state index in [9.17, 15) is 0 Å². The molecule has 0 radical (unpaired) electrons. The van der Waals surface area contributed by atoms with Gasteiger partial charge in [0.2, 0.25) is 0 Å². The maximum Gasteiger partial charge on any atom is 0.0736 e. The van der Waals surface area contributed by atoms with Gasteiger partial charge in [0.25, 0.3) is 0 Å². The van der Waals surface area contributed by atoms with Crippen LogP contribution < -0.4 is 0 Å². The van der Waals surface area contributed by atoms with Crippen molar-refractivity contribution in [2.45, 2.75) is 65.1 Å². The minimum atomic E-state index is -1.11. The third-order valence-electron chi connectivity index (χ3n) is 3.20. The van der Waals surface area contributed by atoms with E-state index in [2.05, 4.69) is 59.5 Å². The standard InChI is InChI=1S/C14H27PSi/c1-11(2)15(12(3)4)13-9-8-10-14(13)16(5,6)7/h8-9,11-12H,10H2,1-7H3. The first kappa shape index (κ1) is 14.2. The second-order valence-corrected chi connectivity index (χ2v) is 14.8. The second kappa shape index (κ2) is 5.19. The van der Waals surface area contributed by atoms with Gasteiger partial charge in [0.1, 0.15) is 0 Å². The molecule has 0 aromatic heterocycles. The van der Waals surface area contributed by atoms with E-state index in [-0.39, 0.29) is 7.92 Å². The first-order chi connectivity index (χ1) is 7.25. The molecular weight excluding hydrogens is 227 g/mol. The van der Waals surface area contributed by atoms with Crippen molar-refractivity contribution < 1.29 is 0 Å². The molecule has 0 aliphatic heterocycles. The first-order valence-electron chi connectivity index (χ1n) is 6.43. The van der Waals surface area contributed by atoms with Gasteiger partial charge in [-0.05, 0) is 23.1 Å². The average Bonchev–Trinajstić information content (AvgIpc) is 2.49. The van der Waals surface area contributed by atoms with E-state index >= 15 is 0 Å². The molecule has 1 aliphatic rings. The molecule has 0 nitrogen and oxygen atoms in total. The molecule has 16 heavy (non-hydrogen) atoms. The van der Waals surface area contributed by atoms with Gasteiger partial charge in [-0.2, -0.15) is 0 Å². The smallest absolute Gasteiger partial charge is 0.0736 e. The Morgan fingerprint density at radius 2 is 1.56 bits per heavy atom. The minimum Gasteiger partial charge on any atom is -0.0802 e. The molecule has 0 heterocycles. The van der Waals surface area contributed by atoms with Gasteiger partial charge < -0.3 is 0 Å². The van der Waals surface area contributed by atoms with E-state index in [1.807, 2.05) is 5.20 Å². The molecule has 0 aromatic rings. The van der Waals surface area contributed by atoms with E-state index in [1.165, 1.54) is 6.42 Å². The van der Waals surface area contributed by atoms with E-state index in [1.54, 1.807) is 5.31 Å². The molecule has 0 saturated carbocycles. The summed E-state index contributed by atoms with van der Waals surface area (Å²) in [6.07, 6.45) is 6.08. The molecule has 0 amide bonds. The molecule has 0 unspecified atom stereocenters. The summed E-state index contributed by atoms with van der Waals surface area (Å²) in [5, 5.41) is 3.57. The number of rotatable bonds is 4. The molecule has 1 aliphatic carbocycles. The lowest BCUT2D eigenvalue weighted by atomic mass is 10.5. The fraction of sp³-hybridized carbons (Fsp3) is 0.714. The molecule has 0 saturated heterocycles. The number of hydrogen-bond acceptors (Lipinski definition) is 0. The highest BCUT2D eigenvalue weighted by Gasteiger charge is 2.30. The topological polar surface area (TPSA) is 0 Å². The third-order valence-corrected chi connectivity index (χ3v) is 8.90. The van der Waals surface area contributed by atoms with Crippen LogP contribution in [-0.2, 0) is 0 Å². The molecule has 92 valence electrons. The van der Waals surface area contributed by atoms with Crippen LogP contribution in [-0.4, -0.2) is 19.4 Å². The molecule has 0 spiro atoms. The summed E-state index contributed by atoms with van der Waals surface area (Å²) in [5.74, 6) is 0. The van der Waals surface area contributed by atoms with Crippen molar-refractivity contribution in [2.75, 3.05) is 0 Å². The van der Waals surface area contributed by atoms with Gasteiger partial charge in [-0.1, -0.05) is 72.6 Å². The highest BCUT2D eigenvalue weighted by Crippen LogP contribution is 2.57. The maximum atomic E-state index is 2.49. The fourth-order valence-corrected chi connectivity index (χ4v) is 8.54. The predicted octanol–water partition coefficient (Wildman–Crippen LogP) is 5.38. The van der Waals surface area contributed by atoms with Crippen LogP contribution in [0.2, 0.25) is 19.6 Å². The summed E-state index contributed by atoms with van der Waals surface area (Å²) in [6, 6.07) is 0. The van der Waals surface area contributed by atoms with E-state index in [0.29, 0.717) is 0 Å². The molecule has 1 rings (SSSR count). The van der Waals surface area contributed by atoms with Crippen LogP contribution in [0.1, 0.15) is 34.1 Å². The molecule has 2 heteroatoms. The molecule has 0 fully saturated rings. The Balaban J connectivity index is 3.12. The number of allylic oxidation sites excluding steroid dienone is 4. The summed E-state index contributed by atoms with van der Waals surface area (Å²) >= 11 is 0. The second-order valence-electron chi connectivity index (χ2n) is 6.32. The van der Waals surface area contributed by atoms with Crippen molar-refractivity contribution in [1.29, 1.82) is 0 Å². The van der Waals surface area contributed by atoms with Crippen LogP contribution >= 0.6 is 7.92 Å². The van der Waals surface area contributed by atoms with Crippen molar-refractivity contribution in [2.24, 2.45) is 0 Å². The Kier molecular flexibility index (Phi) is 4.60. The molecular formula is C14H27PSi. The van der Waals surface area contributed by atoms with Gasteiger partial charge in [0.15, 0.2) is 0 Å². The van der Waals surface area contributed by atoms with Crippen LogP contribution in [0.5, 0.6) is 0 Å². The first-order valence-corrected chi connectivity index (χ1v) is 11.4. The Morgan fingerprint density at radius 1 is 1.06 bits per heavy atom. The highest BCUT2D eigenvalue weighted by molar-refractivity contribution is 7.63. The summed E-state index contributed by atoms with van der Waals surface area (Å²) in [7, 11) is -1.06. The van der Waals surface area contributed by atoms with Gasteiger partial charge >= 0.3 is 0 Å². The van der Waals surface area contributed by atoms with E-state index in [4.69, 9.17) is 0 Å². The number of hydrogen-bond donors (Lipinski definition) is 0. The zero-order valence-corrected chi connectivity index (χ0v) is 13.9. The van der Waals surface area contributed by atoms with Crippen molar-refractivity contribution in [3.63, 3.8) is 0 Å². The average molecular weight is 254 g/mol. The van der Waals surface area contributed by atoms with Crippen molar-refractivity contribution in [3.8, 4) is 0 Å². The lowest BCUT2D eigenvalue weighted by Crippen LogP contribution is -2.24. The molecule has 0 aromatic carbocycles. The fourth-order valence-electron chi connectivity index (χ4n) is 2.58. The van der Waals surface area contributed by atoms with Crippen LogP contribution in [0.4, 0.5) is 0 Å². The van der Waals surface area contributed by atoms with Crippen molar-refractivity contribution >= 4 is 16.0 Å². The van der Waals surface area contributed by atoms with Crippen LogP contribution in [0, 0.1) is 0 Å². The predicted molar refractivity (Wildman–Crippen MR) is 81.3 cm³/mol. The summed E-state index contributed by atoms with van der Waals surface area (Å²) in [5.41, 5.74) is 1.64. The third kappa shape index (κ3) is 3.08. The largest absolute Gasteiger partial charge is 0.0802 e. The van der Waals surface area contributed by atoms with Crippen LogP contribution in [0.25, 0.3) is 0 Å². The van der Waals surface area contributed by atoms with Gasteiger partial charge in [0, 0.05) is 0 Å². The van der Waals surface area contributed by atoms with Crippen molar-refractivity contribution in [1.82, 2.24) is 0 Å². The quantitative estimate of drug-likeness (QED) is 0.467. The normalized spacial score (nSPS) is 17.4. The Morgan fingerprint density at radius 3 is 1.94 bits per heavy atom. The summed E-state index contributed by atoms with van der Waals surface area (Å²) in [6.45, 7) is 17.1. The van der Waals surface area contributed by atoms with E-state index < -0.39 is 8.07 Å². The SMILES string of the molecule is CC(C)P(C1=C([Si](C)(C)C)CC=C1)C(C)C. The Bertz CT molecular complexity index is 297. The zero-order valence-electron chi connectivity index (χ0n) is 12.0. The Hall–Kier alpha value is 0.127. The summed E-state index contributed by atoms with van der Waals surface area (Å²) < 4.78 is 0. The highest BCUT2D eigenvalue weighted by atomic mass is 31.1. The molecule has 0 atom stereocenters. The van der Waals surface area contributed by atoms with Crippen LogP contribution in [0.3, 0.4) is 0 Å². The Labute approximate surface area is 104 Å². The minimum absolute atomic E-state index is 0.0442. The van der Waals surface area contributed by atoms with Crippen LogP contribution in [0.15, 0.2) is 22.7 Å². The maximum absolute atomic E-state index is 2.49. The van der Waals surface area contributed by atoms with E-state index in [0.717, 1.165) is 11.3 Å². The lowest BCUT2D eigenvalue weighted by molar-refractivity contribution is 1.01. The van der Waals surface area contributed by atoms with Gasteiger partial charge in [-0.25, -0.2) is 0 Å². The molecule has 0 bridgehead atoms. The van der Waals surface area contributed by atoms with Crippen molar-refractivity contribution in [3.05, 3.63) is 22.7 Å². The van der Waals surface area contributed by atoms with Gasteiger partial charge in [-0.3, -0.25) is 0 Å². The monoisotopic (exact) mass is 254 g/mol. The zero-order chi connectivity index (χ0) is 12.5. The molecule has 0 N–H and O–H groups in total. The lowest BCUT2D eigenvalue weighted by Gasteiger charge is -2.31. The summed E-state index contributed by atoms with van der Waals surface area (Å²) in [4.78, 5) is 0. The van der Waals surface area contributed by atoms with Gasteiger partial charge in [-0.15, -0.1) is 0 Å². The van der Waals surface area contributed by atoms with Gasteiger partial charge in [0.05, 0.1) is 8.07 Å².